The third kappa shape index (κ3) is 6.11. The molecule has 0 bridgehead atoms. The first-order valence-electron chi connectivity index (χ1n) is 12.4. The van der Waals surface area contributed by atoms with Crippen LogP contribution in [0.25, 0.3) is 11.3 Å². The number of hydrogen-bond donors (Lipinski definition) is 2. The maximum atomic E-state index is 13.4. The van der Waals surface area contributed by atoms with Crippen LogP contribution in [0, 0.1) is 0 Å². The molecule has 1 saturated heterocycles. The van der Waals surface area contributed by atoms with Gasteiger partial charge in [0.15, 0.2) is 5.82 Å². The first kappa shape index (κ1) is 27.2. The highest BCUT2D eigenvalue weighted by atomic mass is 19.4. The molecule has 13 nitrogen and oxygen atoms in total. The minimum Gasteiger partial charge on any atom is -0.469 e. The van der Waals surface area contributed by atoms with Gasteiger partial charge >= 0.3 is 18.3 Å². The molecular formula is C24H25F3N8O5. The average Bonchev–Trinajstić information content (AvgIpc) is 2.92. The summed E-state index contributed by atoms with van der Waals surface area (Å²) in [6, 6.07) is -0.337. The summed E-state index contributed by atoms with van der Waals surface area (Å²) in [5.41, 5.74) is 0.000137. The van der Waals surface area contributed by atoms with Gasteiger partial charge in [0.25, 0.3) is 0 Å². The van der Waals surface area contributed by atoms with Crippen molar-refractivity contribution in [2.45, 2.75) is 50.0 Å². The van der Waals surface area contributed by atoms with Gasteiger partial charge in [-0.05, 0) is 25.7 Å². The third-order valence-electron chi connectivity index (χ3n) is 6.54. The van der Waals surface area contributed by atoms with E-state index in [2.05, 4.69) is 35.2 Å². The predicted molar refractivity (Wildman–Crippen MR) is 132 cm³/mol. The molecule has 3 aromatic heterocycles. The van der Waals surface area contributed by atoms with Gasteiger partial charge in [-0.25, -0.2) is 24.7 Å². The minimum absolute atomic E-state index is 0.00532. The Kier molecular flexibility index (Phi) is 7.77. The van der Waals surface area contributed by atoms with Gasteiger partial charge in [-0.2, -0.15) is 18.2 Å². The molecule has 4 heterocycles. The molecule has 16 heteroatoms. The highest BCUT2D eigenvalue weighted by Gasteiger charge is 2.38. The van der Waals surface area contributed by atoms with Gasteiger partial charge in [0.1, 0.15) is 11.7 Å². The Morgan fingerprint density at radius 3 is 2.30 bits per heavy atom. The molecule has 2 N–H and O–H groups in total. The minimum atomic E-state index is -4.67. The van der Waals surface area contributed by atoms with Crippen LogP contribution in [0.2, 0.25) is 0 Å². The SMILES string of the molecule is COc1ncc(-c2cnc(N(C(=O)O)C3CCC(Nc4ncc(C(F)(F)F)c(OC5COC5)n4)CC3)cn2)cn1. The first-order valence-corrected chi connectivity index (χ1v) is 12.4. The molecule has 1 aliphatic carbocycles. The van der Waals surface area contributed by atoms with E-state index in [9.17, 15) is 23.1 Å². The van der Waals surface area contributed by atoms with Crippen LogP contribution in [0.3, 0.4) is 0 Å². The molecule has 40 heavy (non-hydrogen) atoms. The van der Waals surface area contributed by atoms with E-state index in [-0.39, 0.29) is 43.1 Å². The summed E-state index contributed by atoms with van der Waals surface area (Å²) in [7, 11) is 1.45. The van der Waals surface area contributed by atoms with Crippen LogP contribution in [-0.2, 0) is 10.9 Å². The number of aromatic nitrogens is 6. The molecule has 2 fully saturated rings. The molecule has 2 aliphatic rings. The van der Waals surface area contributed by atoms with Gasteiger partial charge in [-0.1, -0.05) is 0 Å². The van der Waals surface area contributed by atoms with Gasteiger partial charge in [0, 0.05) is 36.2 Å². The molecule has 1 saturated carbocycles. The van der Waals surface area contributed by atoms with Crippen molar-refractivity contribution in [1.82, 2.24) is 29.9 Å². The second-order valence-electron chi connectivity index (χ2n) is 9.21. The molecular weight excluding hydrogens is 537 g/mol. The van der Waals surface area contributed by atoms with Gasteiger partial charge in [-0.15, -0.1) is 0 Å². The molecule has 0 unspecified atom stereocenters. The number of nitrogens with one attached hydrogen (secondary N) is 1. The Bertz CT molecular complexity index is 1320. The highest BCUT2D eigenvalue weighted by molar-refractivity contribution is 5.85. The van der Waals surface area contributed by atoms with Gasteiger partial charge in [0.05, 0.1) is 38.4 Å². The van der Waals surface area contributed by atoms with Crippen molar-refractivity contribution < 1.29 is 37.3 Å². The second kappa shape index (κ2) is 11.4. The number of halogens is 3. The Morgan fingerprint density at radius 2 is 1.75 bits per heavy atom. The van der Waals surface area contributed by atoms with E-state index in [4.69, 9.17) is 14.2 Å². The van der Waals surface area contributed by atoms with Crippen molar-refractivity contribution in [2.24, 2.45) is 0 Å². The number of nitrogens with zero attached hydrogens (tertiary/aromatic N) is 7. The fraction of sp³-hybridized carbons (Fsp3) is 0.458. The number of carboxylic acid groups (broad SMARTS) is 1. The van der Waals surface area contributed by atoms with E-state index in [1.54, 1.807) is 0 Å². The monoisotopic (exact) mass is 562 g/mol. The number of amides is 1. The molecule has 1 amide bonds. The molecule has 0 spiro atoms. The summed E-state index contributed by atoms with van der Waals surface area (Å²) in [6.45, 7) is 0.383. The number of rotatable bonds is 8. The van der Waals surface area contributed by atoms with Crippen LogP contribution in [0.4, 0.5) is 29.7 Å². The first-order chi connectivity index (χ1) is 19.2. The number of alkyl halides is 3. The van der Waals surface area contributed by atoms with E-state index in [1.807, 2.05) is 0 Å². The summed E-state index contributed by atoms with van der Waals surface area (Å²) < 4.78 is 55.4. The lowest BCUT2D eigenvalue weighted by Crippen LogP contribution is -2.44. The van der Waals surface area contributed by atoms with E-state index in [0.717, 1.165) is 0 Å². The maximum absolute atomic E-state index is 13.4. The van der Waals surface area contributed by atoms with Crippen molar-refractivity contribution in [3.63, 3.8) is 0 Å². The fourth-order valence-corrected chi connectivity index (χ4v) is 4.41. The second-order valence-corrected chi connectivity index (χ2v) is 9.21. The molecule has 0 atom stereocenters. The average molecular weight is 563 g/mol. The fourth-order valence-electron chi connectivity index (χ4n) is 4.41. The Hall–Kier alpha value is -4.34. The van der Waals surface area contributed by atoms with Crippen LogP contribution < -0.4 is 19.7 Å². The van der Waals surface area contributed by atoms with Crippen molar-refractivity contribution in [2.75, 3.05) is 30.5 Å². The Morgan fingerprint density at radius 1 is 1.02 bits per heavy atom. The summed E-state index contributed by atoms with van der Waals surface area (Å²) in [4.78, 5) is 37.8. The van der Waals surface area contributed by atoms with Crippen molar-refractivity contribution in [3.8, 4) is 23.1 Å². The highest BCUT2D eigenvalue weighted by Crippen LogP contribution is 2.36. The normalized spacial score (nSPS) is 19.4. The van der Waals surface area contributed by atoms with Gasteiger partial charge < -0.3 is 24.6 Å². The topological polar surface area (TPSA) is 158 Å². The summed E-state index contributed by atoms with van der Waals surface area (Å²) in [5.74, 6) is -0.368. The molecule has 1 aliphatic heterocycles. The van der Waals surface area contributed by atoms with Crippen molar-refractivity contribution in [3.05, 3.63) is 36.5 Å². The van der Waals surface area contributed by atoms with Crippen LogP contribution in [0.15, 0.2) is 31.0 Å². The lowest BCUT2D eigenvalue weighted by atomic mass is 9.90. The van der Waals surface area contributed by atoms with E-state index in [0.29, 0.717) is 43.1 Å². The standard InChI is InChI=1S/C24H25F3N8O5/c1-38-22-31-6-13(7-32-22)18-9-29-19(10-28-18)35(23(36)37)15-4-2-14(3-5-15)33-21-30-8-17(24(25,26)27)20(34-21)40-16-11-39-12-16/h6-10,14-16H,2-5,11-12H2,1H3,(H,36,37)(H,30,33,34). The van der Waals surface area contributed by atoms with Crippen LogP contribution in [0.5, 0.6) is 11.9 Å². The summed E-state index contributed by atoms with van der Waals surface area (Å²) in [5, 5.41) is 13.0. The summed E-state index contributed by atoms with van der Waals surface area (Å²) >= 11 is 0. The van der Waals surface area contributed by atoms with E-state index < -0.39 is 29.8 Å². The smallest absolute Gasteiger partial charge is 0.423 e. The zero-order valence-corrected chi connectivity index (χ0v) is 21.2. The molecule has 0 radical (unpaired) electrons. The lowest BCUT2D eigenvalue weighted by molar-refractivity contribution is -0.142. The Balaban J connectivity index is 1.22. The van der Waals surface area contributed by atoms with Crippen LogP contribution >= 0.6 is 0 Å². The molecule has 0 aromatic carbocycles. The molecule has 3 aromatic rings. The number of anilines is 2. The van der Waals surface area contributed by atoms with E-state index >= 15 is 0 Å². The molecule has 5 rings (SSSR count). The largest absolute Gasteiger partial charge is 0.469 e. The lowest BCUT2D eigenvalue weighted by Gasteiger charge is -2.34. The van der Waals surface area contributed by atoms with Crippen LogP contribution in [0.1, 0.15) is 31.2 Å². The number of carbonyl (C=O) groups is 1. The van der Waals surface area contributed by atoms with Gasteiger partial charge in [-0.3, -0.25) is 9.88 Å². The zero-order chi connectivity index (χ0) is 28.3. The molecule has 212 valence electrons. The van der Waals surface area contributed by atoms with E-state index in [1.165, 1.54) is 36.8 Å². The van der Waals surface area contributed by atoms with Gasteiger partial charge in [0.2, 0.25) is 11.8 Å². The predicted octanol–water partition coefficient (Wildman–Crippen LogP) is 3.44. The quantitative estimate of drug-likeness (QED) is 0.413. The Labute approximate surface area is 225 Å². The maximum Gasteiger partial charge on any atom is 0.423 e. The zero-order valence-electron chi connectivity index (χ0n) is 21.2. The summed E-state index contributed by atoms with van der Waals surface area (Å²) in [6.07, 6.45) is 2.24. The number of hydrogen-bond acceptors (Lipinski definition) is 11. The number of ether oxygens (including phenoxy) is 3. The van der Waals surface area contributed by atoms with Crippen LogP contribution in [-0.4, -0.2) is 79.6 Å². The van der Waals surface area contributed by atoms with Crippen molar-refractivity contribution in [1.29, 1.82) is 0 Å². The van der Waals surface area contributed by atoms with Crippen molar-refractivity contribution >= 4 is 17.9 Å². The third-order valence-corrected chi connectivity index (χ3v) is 6.54. The number of methoxy groups -OCH3 is 1.